The van der Waals surface area contributed by atoms with E-state index in [1.807, 2.05) is 31.2 Å². The van der Waals surface area contributed by atoms with Crippen LogP contribution < -0.4 is 5.73 Å². The monoisotopic (exact) mass is 200 g/mol. The Labute approximate surface area is 87.9 Å². The van der Waals surface area contributed by atoms with Gasteiger partial charge in [0.05, 0.1) is 12.1 Å². The molecule has 3 heteroatoms. The summed E-state index contributed by atoms with van der Waals surface area (Å²) in [7, 11) is 0. The van der Waals surface area contributed by atoms with Crippen LogP contribution in [0.25, 0.3) is 10.8 Å². The van der Waals surface area contributed by atoms with Gasteiger partial charge in [-0.25, -0.2) is 0 Å². The minimum Gasteiger partial charge on any atom is -0.369 e. The van der Waals surface area contributed by atoms with E-state index in [9.17, 15) is 4.79 Å². The molecule has 0 radical (unpaired) electrons. The zero-order valence-corrected chi connectivity index (χ0v) is 8.53. The van der Waals surface area contributed by atoms with E-state index < -0.39 is 0 Å². The van der Waals surface area contributed by atoms with E-state index in [-0.39, 0.29) is 12.3 Å². The Balaban J connectivity index is 2.66. The molecule has 0 saturated heterocycles. The predicted octanol–water partition coefficient (Wildman–Crippen LogP) is 1.57. The molecule has 76 valence electrons. The maximum atomic E-state index is 10.9. The molecule has 0 spiro atoms. The van der Waals surface area contributed by atoms with Gasteiger partial charge in [0.15, 0.2) is 0 Å². The molecule has 2 N–H and O–H groups in total. The van der Waals surface area contributed by atoms with Crippen LogP contribution in [0.1, 0.15) is 11.3 Å². The summed E-state index contributed by atoms with van der Waals surface area (Å²) in [6.07, 6.45) is 1.97. The van der Waals surface area contributed by atoms with Crippen molar-refractivity contribution in [1.29, 1.82) is 0 Å². The lowest BCUT2D eigenvalue weighted by atomic mass is 10.0. The smallest absolute Gasteiger partial charge is 0.223 e. The molecule has 3 nitrogen and oxygen atoms in total. The number of aromatic nitrogens is 1. The second-order valence-corrected chi connectivity index (χ2v) is 3.58. The second-order valence-electron chi connectivity index (χ2n) is 3.58. The van der Waals surface area contributed by atoms with Crippen molar-refractivity contribution in [1.82, 2.24) is 4.98 Å². The topological polar surface area (TPSA) is 56.0 Å². The number of amides is 1. The molecule has 1 aromatic heterocycles. The number of nitrogens with zero attached hydrogens (tertiary/aromatic N) is 1. The van der Waals surface area contributed by atoms with Gasteiger partial charge < -0.3 is 5.73 Å². The first kappa shape index (κ1) is 9.65. The molecule has 1 heterocycles. The van der Waals surface area contributed by atoms with Crippen LogP contribution >= 0.6 is 0 Å². The van der Waals surface area contributed by atoms with Gasteiger partial charge in [-0.2, -0.15) is 0 Å². The number of hydrogen-bond donors (Lipinski definition) is 1. The lowest BCUT2D eigenvalue weighted by molar-refractivity contribution is -0.117. The van der Waals surface area contributed by atoms with Crippen molar-refractivity contribution in [2.24, 2.45) is 5.73 Å². The fourth-order valence-corrected chi connectivity index (χ4v) is 1.70. The van der Waals surface area contributed by atoms with Crippen LogP contribution in [0.5, 0.6) is 0 Å². The lowest BCUT2D eigenvalue weighted by Crippen LogP contribution is -2.14. The number of fused-ring (bicyclic) bond motifs is 1. The number of carbonyl (C=O) groups is 1. The number of carbonyl (C=O) groups excluding carboxylic acids is 1. The van der Waals surface area contributed by atoms with Gasteiger partial charge in [0.25, 0.3) is 0 Å². The number of benzene rings is 1. The normalized spacial score (nSPS) is 10.5. The fourth-order valence-electron chi connectivity index (χ4n) is 1.70. The van der Waals surface area contributed by atoms with Gasteiger partial charge in [0, 0.05) is 11.6 Å². The van der Waals surface area contributed by atoms with Gasteiger partial charge in [-0.15, -0.1) is 0 Å². The van der Waals surface area contributed by atoms with Crippen molar-refractivity contribution in [2.75, 3.05) is 0 Å². The minimum atomic E-state index is -0.350. The third-order valence-electron chi connectivity index (χ3n) is 2.42. The minimum absolute atomic E-state index is 0.195. The Kier molecular flexibility index (Phi) is 2.37. The van der Waals surface area contributed by atoms with Gasteiger partial charge in [-0.1, -0.05) is 24.3 Å². The van der Waals surface area contributed by atoms with E-state index >= 15 is 0 Å². The number of pyridine rings is 1. The van der Waals surface area contributed by atoms with Crippen LogP contribution in [-0.2, 0) is 11.2 Å². The Bertz CT molecular complexity index is 520. The Morgan fingerprint density at radius 1 is 1.33 bits per heavy atom. The molecule has 2 aromatic rings. The quantitative estimate of drug-likeness (QED) is 0.800. The average Bonchev–Trinajstić information content (AvgIpc) is 2.22. The lowest BCUT2D eigenvalue weighted by Gasteiger charge is -2.05. The molecule has 2 rings (SSSR count). The third kappa shape index (κ3) is 1.81. The summed E-state index contributed by atoms with van der Waals surface area (Å²) in [6.45, 7) is 2.00. The molecule has 0 aliphatic heterocycles. The highest BCUT2D eigenvalue weighted by atomic mass is 16.1. The highest BCUT2D eigenvalue weighted by Gasteiger charge is 2.06. The van der Waals surface area contributed by atoms with Crippen LogP contribution in [0.15, 0.2) is 30.5 Å². The van der Waals surface area contributed by atoms with Crippen molar-refractivity contribution in [3.05, 3.63) is 41.7 Å². The number of primary amides is 1. The summed E-state index contributed by atoms with van der Waals surface area (Å²) >= 11 is 0. The maximum Gasteiger partial charge on any atom is 0.223 e. The largest absolute Gasteiger partial charge is 0.369 e. The number of hydrogen-bond acceptors (Lipinski definition) is 2. The van der Waals surface area contributed by atoms with Crippen LogP contribution in [0.2, 0.25) is 0 Å². The molecular weight excluding hydrogens is 188 g/mol. The van der Waals surface area contributed by atoms with E-state index in [0.717, 1.165) is 22.0 Å². The molecule has 0 aliphatic rings. The number of nitrogens with two attached hydrogens (primary N) is 1. The molecular formula is C12H12N2O. The highest BCUT2D eigenvalue weighted by Crippen LogP contribution is 2.20. The van der Waals surface area contributed by atoms with Crippen molar-refractivity contribution in [3.8, 4) is 0 Å². The van der Waals surface area contributed by atoms with Gasteiger partial charge in [-0.3, -0.25) is 9.78 Å². The predicted molar refractivity (Wildman–Crippen MR) is 59.4 cm³/mol. The Morgan fingerprint density at radius 2 is 2.00 bits per heavy atom. The molecule has 0 fully saturated rings. The summed E-state index contributed by atoms with van der Waals surface area (Å²) in [5.74, 6) is -0.350. The van der Waals surface area contributed by atoms with Crippen molar-refractivity contribution in [2.45, 2.75) is 13.3 Å². The second kappa shape index (κ2) is 3.69. The van der Waals surface area contributed by atoms with Gasteiger partial charge in [0.2, 0.25) is 5.91 Å². The van der Waals surface area contributed by atoms with Crippen LogP contribution in [0, 0.1) is 6.92 Å². The van der Waals surface area contributed by atoms with Crippen LogP contribution in [0.4, 0.5) is 0 Å². The Hall–Kier alpha value is -1.90. The SMILES string of the molecule is Cc1cnc(CC(N)=O)c2ccccc12. The fraction of sp³-hybridized carbons (Fsp3) is 0.167. The summed E-state index contributed by atoms with van der Waals surface area (Å²) in [6, 6.07) is 7.90. The number of rotatable bonds is 2. The van der Waals surface area contributed by atoms with E-state index in [4.69, 9.17) is 5.73 Å². The standard InChI is InChI=1S/C12H12N2O/c1-8-7-14-11(6-12(13)15)10-5-3-2-4-9(8)10/h2-5,7H,6H2,1H3,(H2,13,15). The van der Waals surface area contributed by atoms with Crippen LogP contribution in [0.3, 0.4) is 0 Å². The third-order valence-corrected chi connectivity index (χ3v) is 2.42. The molecule has 0 unspecified atom stereocenters. The van der Waals surface area contributed by atoms with Crippen molar-refractivity contribution >= 4 is 16.7 Å². The van der Waals surface area contributed by atoms with Crippen LogP contribution in [-0.4, -0.2) is 10.9 Å². The summed E-state index contributed by atoms with van der Waals surface area (Å²) < 4.78 is 0. The summed E-state index contributed by atoms with van der Waals surface area (Å²) in [5.41, 5.74) is 7.04. The number of aryl methyl sites for hydroxylation is 1. The molecule has 0 saturated carbocycles. The van der Waals surface area contributed by atoms with E-state index in [0.29, 0.717) is 0 Å². The molecule has 15 heavy (non-hydrogen) atoms. The van der Waals surface area contributed by atoms with E-state index in [1.165, 1.54) is 0 Å². The molecule has 0 bridgehead atoms. The van der Waals surface area contributed by atoms with Gasteiger partial charge >= 0.3 is 0 Å². The first-order valence-corrected chi connectivity index (χ1v) is 4.80. The summed E-state index contributed by atoms with van der Waals surface area (Å²) in [5, 5.41) is 2.14. The summed E-state index contributed by atoms with van der Waals surface area (Å²) in [4.78, 5) is 15.1. The highest BCUT2D eigenvalue weighted by molar-refractivity contribution is 5.90. The van der Waals surface area contributed by atoms with Gasteiger partial charge in [0.1, 0.15) is 0 Å². The zero-order chi connectivity index (χ0) is 10.8. The maximum absolute atomic E-state index is 10.9. The average molecular weight is 200 g/mol. The van der Waals surface area contributed by atoms with Crippen molar-refractivity contribution in [3.63, 3.8) is 0 Å². The van der Waals surface area contributed by atoms with E-state index in [2.05, 4.69) is 4.98 Å². The van der Waals surface area contributed by atoms with Crippen molar-refractivity contribution < 1.29 is 4.79 Å². The molecule has 1 amide bonds. The zero-order valence-electron chi connectivity index (χ0n) is 8.53. The van der Waals surface area contributed by atoms with Gasteiger partial charge in [-0.05, 0) is 17.9 Å². The molecule has 1 aromatic carbocycles. The molecule has 0 atom stereocenters. The van der Waals surface area contributed by atoms with E-state index in [1.54, 1.807) is 6.20 Å². The first-order chi connectivity index (χ1) is 7.18. The molecule has 0 aliphatic carbocycles. The first-order valence-electron chi connectivity index (χ1n) is 4.80. The Morgan fingerprint density at radius 3 is 2.67 bits per heavy atom.